The van der Waals surface area contributed by atoms with Crippen molar-refractivity contribution >= 4 is 31.9 Å². The molecule has 0 fully saturated rings. The smallest absolute Gasteiger partial charge is 0.247 e. The molecule has 0 saturated carbocycles. The molecule has 1 aromatic carbocycles. The second-order valence-electron chi connectivity index (χ2n) is 4.16. The standard InChI is InChI=1S/C12H11BrFN3O2S/c1-7-5-8(2)16-12(15-7)17-20(18,19)9-3-4-10(13)11(14)6-9/h3-6H,1-2H3,(H,15,16,17). The van der Waals surface area contributed by atoms with E-state index in [-0.39, 0.29) is 15.3 Å². The number of rotatable bonds is 3. The van der Waals surface area contributed by atoms with Crippen LogP contribution in [0.1, 0.15) is 11.4 Å². The fourth-order valence-electron chi connectivity index (χ4n) is 1.59. The molecule has 1 aromatic heterocycles. The Balaban J connectivity index is 2.37. The molecule has 106 valence electrons. The van der Waals surface area contributed by atoms with Gasteiger partial charge >= 0.3 is 0 Å². The van der Waals surface area contributed by atoms with Crippen LogP contribution in [0.3, 0.4) is 0 Å². The van der Waals surface area contributed by atoms with Crippen molar-refractivity contribution in [3.05, 3.63) is 45.9 Å². The van der Waals surface area contributed by atoms with Gasteiger partial charge in [0, 0.05) is 11.4 Å². The van der Waals surface area contributed by atoms with E-state index >= 15 is 0 Å². The predicted octanol–water partition coefficient (Wildman–Crippen LogP) is 2.80. The van der Waals surface area contributed by atoms with Crippen LogP contribution < -0.4 is 4.72 Å². The highest BCUT2D eigenvalue weighted by Gasteiger charge is 2.17. The zero-order chi connectivity index (χ0) is 14.9. The first-order valence-corrected chi connectivity index (χ1v) is 7.86. The van der Waals surface area contributed by atoms with Crippen molar-refractivity contribution < 1.29 is 12.8 Å². The van der Waals surface area contributed by atoms with Gasteiger partial charge in [-0.15, -0.1) is 0 Å². The molecule has 0 aliphatic carbocycles. The van der Waals surface area contributed by atoms with E-state index in [4.69, 9.17) is 0 Å². The van der Waals surface area contributed by atoms with Crippen LogP contribution in [0.4, 0.5) is 10.3 Å². The Labute approximate surface area is 124 Å². The van der Waals surface area contributed by atoms with Gasteiger partial charge in [-0.1, -0.05) is 0 Å². The maximum absolute atomic E-state index is 13.4. The molecule has 0 spiro atoms. The molecule has 0 unspecified atom stereocenters. The van der Waals surface area contributed by atoms with Gasteiger partial charge < -0.3 is 0 Å². The van der Waals surface area contributed by atoms with Crippen LogP contribution in [0.25, 0.3) is 0 Å². The second-order valence-corrected chi connectivity index (χ2v) is 6.69. The molecule has 0 amide bonds. The molecule has 1 N–H and O–H groups in total. The molecule has 0 aliphatic heterocycles. The number of halogens is 2. The molecule has 0 aliphatic rings. The summed E-state index contributed by atoms with van der Waals surface area (Å²) in [7, 11) is -3.92. The SMILES string of the molecule is Cc1cc(C)nc(NS(=O)(=O)c2ccc(Br)c(F)c2)n1. The van der Waals surface area contributed by atoms with Crippen molar-refractivity contribution in [3.63, 3.8) is 0 Å². The van der Waals surface area contributed by atoms with Crippen LogP contribution >= 0.6 is 15.9 Å². The van der Waals surface area contributed by atoms with Gasteiger partial charge in [-0.05, 0) is 54.0 Å². The van der Waals surface area contributed by atoms with Crippen LogP contribution in [0.5, 0.6) is 0 Å². The van der Waals surface area contributed by atoms with Gasteiger partial charge in [-0.25, -0.2) is 27.5 Å². The van der Waals surface area contributed by atoms with Crippen molar-refractivity contribution in [3.8, 4) is 0 Å². The molecule has 0 atom stereocenters. The van der Waals surface area contributed by atoms with Gasteiger partial charge in [-0.2, -0.15) is 0 Å². The predicted molar refractivity (Wildman–Crippen MR) is 76.4 cm³/mol. The van der Waals surface area contributed by atoms with Crippen LogP contribution in [0, 0.1) is 19.7 Å². The number of hydrogen-bond donors (Lipinski definition) is 1. The minimum atomic E-state index is -3.92. The summed E-state index contributed by atoms with van der Waals surface area (Å²) in [5, 5.41) is 0. The van der Waals surface area contributed by atoms with Crippen molar-refractivity contribution in [1.82, 2.24) is 9.97 Å². The van der Waals surface area contributed by atoms with E-state index in [1.54, 1.807) is 19.9 Å². The average Bonchev–Trinajstić information content (AvgIpc) is 2.30. The minimum Gasteiger partial charge on any atom is -0.247 e. The van der Waals surface area contributed by atoms with Crippen LogP contribution in [-0.2, 0) is 10.0 Å². The molecule has 5 nitrogen and oxygen atoms in total. The Morgan fingerprint density at radius 3 is 2.30 bits per heavy atom. The quantitative estimate of drug-likeness (QED) is 0.914. The summed E-state index contributed by atoms with van der Waals surface area (Å²) in [5.41, 5.74) is 1.27. The number of anilines is 1. The van der Waals surface area contributed by atoms with Gasteiger partial charge in [0.05, 0.1) is 9.37 Å². The third-order valence-corrected chi connectivity index (χ3v) is 4.38. The fraction of sp³-hybridized carbons (Fsp3) is 0.167. The van der Waals surface area contributed by atoms with Crippen molar-refractivity contribution in [2.75, 3.05) is 4.72 Å². The van der Waals surface area contributed by atoms with E-state index < -0.39 is 15.8 Å². The van der Waals surface area contributed by atoms with Crippen molar-refractivity contribution in [2.24, 2.45) is 0 Å². The normalized spacial score (nSPS) is 11.4. The van der Waals surface area contributed by atoms with Crippen LogP contribution in [-0.4, -0.2) is 18.4 Å². The van der Waals surface area contributed by atoms with Gasteiger partial charge in [0.1, 0.15) is 5.82 Å². The molecular formula is C12H11BrFN3O2S. The van der Waals surface area contributed by atoms with E-state index in [1.807, 2.05) is 0 Å². The molecule has 2 aromatic rings. The van der Waals surface area contributed by atoms with E-state index in [9.17, 15) is 12.8 Å². The van der Waals surface area contributed by atoms with Gasteiger partial charge in [0.2, 0.25) is 5.95 Å². The van der Waals surface area contributed by atoms with Crippen LogP contribution in [0.2, 0.25) is 0 Å². The van der Waals surface area contributed by atoms with Crippen molar-refractivity contribution in [2.45, 2.75) is 18.7 Å². The number of nitrogens with zero attached hydrogens (tertiary/aromatic N) is 2. The number of nitrogens with one attached hydrogen (secondary N) is 1. The molecule has 0 radical (unpaired) electrons. The largest absolute Gasteiger partial charge is 0.264 e. The molecule has 0 bridgehead atoms. The van der Waals surface area contributed by atoms with E-state index in [1.165, 1.54) is 12.1 Å². The monoisotopic (exact) mass is 359 g/mol. The third kappa shape index (κ3) is 3.31. The number of hydrogen-bond acceptors (Lipinski definition) is 4. The Morgan fingerprint density at radius 1 is 1.15 bits per heavy atom. The summed E-state index contributed by atoms with van der Waals surface area (Å²) in [6.07, 6.45) is 0. The lowest BCUT2D eigenvalue weighted by molar-refractivity contribution is 0.593. The van der Waals surface area contributed by atoms with Gasteiger partial charge in [0.15, 0.2) is 0 Å². The van der Waals surface area contributed by atoms with E-state index in [0.29, 0.717) is 11.4 Å². The summed E-state index contributed by atoms with van der Waals surface area (Å²) in [5.74, 6) is -0.694. The van der Waals surface area contributed by atoms with Gasteiger partial charge in [0.25, 0.3) is 10.0 Å². The number of aryl methyl sites for hydroxylation is 2. The zero-order valence-corrected chi connectivity index (χ0v) is 13.1. The minimum absolute atomic E-state index is 0.0363. The lowest BCUT2D eigenvalue weighted by Crippen LogP contribution is -2.16. The first-order chi connectivity index (χ1) is 9.28. The summed E-state index contributed by atoms with van der Waals surface area (Å²) >= 11 is 2.97. The Morgan fingerprint density at radius 2 is 1.75 bits per heavy atom. The van der Waals surface area contributed by atoms with E-state index in [2.05, 4.69) is 30.6 Å². The van der Waals surface area contributed by atoms with Gasteiger partial charge in [-0.3, -0.25) is 0 Å². The summed E-state index contributed by atoms with van der Waals surface area (Å²) in [6, 6.07) is 5.26. The highest BCUT2D eigenvalue weighted by atomic mass is 79.9. The maximum Gasteiger partial charge on any atom is 0.264 e. The lowest BCUT2D eigenvalue weighted by Gasteiger charge is -2.08. The lowest BCUT2D eigenvalue weighted by atomic mass is 10.3. The molecule has 1 heterocycles. The first kappa shape index (κ1) is 14.9. The number of aromatic nitrogens is 2. The Hall–Kier alpha value is -1.54. The molecule has 0 saturated heterocycles. The highest BCUT2D eigenvalue weighted by Crippen LogP contribution is 2.20. The first-order valence-electron chi connectivity index (χ1n) is 5.58. The fourth-order valence-corrected chi connectivity index (χ4v) is 2.80. The average molecular weight is 360 g/mol. The molecule has 2 rings (SSSR count). The number of sulfonamides is 1. The molecule has 20 heavy (non-hydrogen) atoms. The molecule has 8 heteroatoms. The Bertz CT molecular complexity index is 745. The van der Waals surface area contributed by atoms with Crippen molar-refractivity contribution in [1.29, 1.82) is 0 Å². The Kier molecular flexibility index (Phi) is 4.05. The topological polar surface area (TPSA) is 72.0 Å². The second kappa shape index (κ2) is 5.45. The summed E-state index contributed by atoms with van der Waals surface area (Å²) in [6.45, 7) is 3.46. The number of benzene rings is 1. The summed E-state index contributed by atoms with van der Waals surface area (Å²) < 4.78 is 40.1. The highest BCUT2D eigenvalue weighted by molar-refractivity contribution is 9.10. The van der Waals surface area contributed by atoms with E-state index in [0.717, 1.165) is 6.07 Å². The molecular weight excluding hydrogens is 349 g/mol. The maximum atomic E-state index is 13.4. The third-order valence-electron chi connectivity index (χ3n) is 2.41. The summed E-state index contributed by atoms with van der Waals surface area (Å²) in [4.78, 5) is 7.77. The van der Waals surface area contributed by atoms with Crippen LogP contribution in [0.15, 0.2) is 33.6 Å². The zero-order valence-electron chi connectivity index (χ0n) is 10.7.